The number of carbonyl (C=O) groups is 2. The van der Waals surface area contributed by atoms with Crippen LogP contribution in [0, 0.1) is 0 Å². The van der Waals surface area contributed by atoms with Gasteiger partial charge in [-0.15, -0.1) is 11.6 Å². The van der Waals surface area contributed by atoms with Crippen LogP contribution in [0.4, 0.5) is 0 Å². The van der Waals surface area contributed by atoms with Crippen LogP contribution in [0.2, 0.25) is 10.0 Å². The van der Waals surface area contributed by atoms with E-state index in [4.69, 9.17) is 44.6 Å². The van der Waals surface area contributed by atoms with Gasteiger partial charge < -0.3 is 26.8 Å². The number of nitrogens with zero attached hydrogens (tertiary/aromatic N) is 1. The Morgan fingerprint density at radius 2 is 1.56 bits per heavy atom. The number of nitrogens with one attached hydrogen (secondary N) is 2. The topological polar surface area (TPSA) is 90.9 Å². The third-order valence-corrected chi connectivity index (χ3v) is 6.50. The zero-order chi connectivity index (χ0) is 28.3. The van der Waals surface area contributed by atoms with E-state index in [0.717, 1.165) is 22.6 Å². The van der Waals surface area contributed by atoms with E-state index in [1.807, 2.05) is 36.4 Å². The SMILES string of the molecule is CCN(CC)CC.O=C(CCl)NC(CO)Cc1ccc(Cl)cc1.O=C1COCC(Cc2ccc(Cl)cc2)N1.[H-].[Na+]. The first-order chi connectivity index (χ1) is 18.2. The molecule has 1 heterocycles. The van der Waals surface area contributed by atoms with E-state index < -0.39 is 0 Å². The number of hydrogen-bond acceptors (Lipinski definition) is 5. The van der Waals surface area contributed by atoms with Crippen molar-refractivity contribution in [2.75, 3.05) is 45.3 Å². The summed E-state index contributed by atoms with van der Waals surface area (Å²) in [5, 5.41) is 16.0. The molecular weight excluding hydrogens is 572 g/mol. The van der Waals surface area contributed by atoms with Crippen LogP contribution in [0.3, 0.4) is 0 Å². The number of halogens is 3. The monoisotopic (exact) mass is 611 g/mol. The molecule has 2 aromatic carbocycles. The summed E-state index contributed by atoms with van der Waals surface area (Å²) in [5.74, 6) is -0.424. The average Bonchev–Trinajstić information content (AvgIpc) is 2.92. The van der Waals surface area contributed by atoms with E-state index in [9.17, 15) is 9.59 Å². The predicted molar refractivity (Wildman–Crippen MR) is 157 cm³/mol. The standard InChI is InChI=1S/C11H13Cl2NO2.C11H12ClNO2.C6H15N.Na.H/c12-6-11(16)14-10(7-15)5-8-1-3-9(13)4-2-8;12-9-3-1-8(2-4-9)5-10-6-15-7-11(14)13-10;1-4-7(5-2)6-3;;/h1-4,10,15H,5-7H2,(H,14,16);1-4,10H,5-7H2,(H,13,14);4-6H2,1-3H3;;/q;;;+1;-1. The Hall–Kier alpha value is -0.870. The van der Waals surface area contributed by atoms with Gasteiger partial charge >= 0.3 is 29.6 Å². The van der Waals surface area contributed by atoms with Crippen molar-refractivity contribution < 1.29 is 50.4 Å². The van der Waals surface area contributed by atoms with Gasteiger partial charge in [0.15, 0.2) is 0 Å². The molecule has 39 heavy (non-hydrogen) atoms. The molecule has 3 rings (SSSR count). The van der Waals surface area contributed by atoms with Crippen molar-refractivity contribution in [1.82, 2.24) is 15.5 Å². The molecule has 1 saturated heterocycles. The molecule has 1 aliphatic heterocycles. The Morgan fingerprint density at radius 1 is 1.05 bits per heavy atom. The molecule has 2 amide bonds. The number of aliphatic hydroxyl groups excluding tert-OH is 1. The third-order valence-electron chi connectivity index (χ3n) is 5.76. The van der Waals surface area contributed by atoms with Crippen molar-refractivity contribution in [2.24, 2.45) is 0 Å². The van der Waals surface area contributed by atoms with Gasteiger partial charge in [0.25, 0.3) is 0 Å². The Labute approximate surface area is 271 Å². The number of rotatable bonds is 10. The Morgan fingerprint density at radius 3 is 1.97 bits per heavy atom. The predicted octanol–water partition coefficient (Wildman–Crippen LogP) is 1.46. The first-order valence-corrected chi connectivity index (χ1v) is 14.1. The summed E-state index contributed by atoms with van der Waals surface area (Å²) in [6.07, 6.45) is 1.33. The molecule has 2 atom stereocenters. The minimum atomic E-state index is -0.313. The molecule has 7 nitrogen and oxygen atoms in total. The number of alkyl halides is 1. The normalized spacial score (nSPS) is 15.0. The average molecular weight is 613 g/mol. The van der Waals surface area contributed by atoms with Gasteiger partial charge in [-0.1, -0.05) is 68.2 Å². The maximum absolute atomic E-state index is 11.1. The van der Waals surface area contributed by atoms with Gasteiger partial charge in [-0.05, 0) is 67.9 Å². The summed E-state index contributed by atoms with van der Waals surface area (Å²) in [4.78, 5) is 24.5. The van der Waals surface area contributed by atoms with E-state index in [1.54, 1.807) is 12.1 Å². The molecule has 0 aliphatic carbocycles. The number of ether oxygens (including phenoxy) is 1. The van der Waals surface area contributed by atoms with Gasteiger partial charge in [0.05, 0.1) is 25.3 Å². The smallest absolute Gasteiger partial charge is 1.00 e. The van der Waals surface area contributed by atoms with Crippen LogP contribution >= 0.6 is 34.8 Å². The second-order valence-corrected chi connectivity index (χ2v) is 9.78. The van der Waals surface area contributed by atoms with Crippen LogP contribution in [0.1, 0.15) is 33.3 Å². The molecule has 2 aromatic rings. The Bertz CT molecular complexity index is 934. The molecular formula is C28H41Cl3N3NaO4. The number of aliphatic hydroxyl groups is 1. The van der Waals surface area contributed by atoms with E-state index in [-0.39, 0.29) is 74.0 Å². The quantitative estimate of drug-likeness (QED) is 0.279. The summed E-state index contributed by atoms with van der Waals surface area (Å²) < 4.78 is 5.15. The summed E-state index contributed by atoms with van der Waals surface area (Å²) in [5.41, 5.74) is 2.15. The molecule has 0 saturated carbocycles. The van der Waals surface area contributed by atoms with Crippen molar-refractivity contribution in [3.8, 4) is 0 Å². The zero-order valence-electron chi connectivity index (χ0n) is 24.4. The maximum Gasteiger partial charge on any atom is 1.00 e. The molecule has 0 bridgehead atoms. The summed E-state index contributed by atoms with van der Waals surface area (Å²) in [6, 6.07) is 14.6. The molecule has 0 radical (unpaired) electrons. The molecule has 11 heteroatoms. The van der Waals surface area contributed by atoms with Gasteiger partial charge in [-0.25, -0.2) is 0 Å². The van der Waals surface area contributed by atoms with Crippen molar-refractivity contribution in [3.05, 3.63) is 69.7 Å². The second kappa shape index (κ2) is 22.8. The number of benzene rings is 2. The fourth-order valence-corrected chi connectivity index (χ4v) is 3.95. The molecule has 2 unspecified atom stereocenters. The van der Waals surface area contributed by atoms with Gasteiger partial charge in [-0.2, -0.15) is 0 Å². The van der Waals surface area contributed by atoms with Crippen LogP contribution in [0.25, 0.3) is 0 Å². The first kappa shape index (κ1) is 38.1. The largest absolute Gasteiger partial charge is 1.00 e. The van der Waals surface area contributed by atoms with Crippen LogP contribution in [-0.4, -0.2) is 79.2 Å². The van der Waals surface area contributed by atoms with Crippen molar-refractivity contribution in [2.45, 2.75) is 45.7 Å². The fraction of sp³-hybridized carbons (Fsp3) is 0.500. The summed E-state index contributed by atoms with van der Waals surface area (Å²) >= 11 is 16.9. The summed E-state index contributed by atoms with van der Waals surface area (Å²) in [7, 11) is 0. The third kappa shape index (κ3) is 17.5. The van der Waals surface area contributed by atoms with Crippen molar-refractivity contribution >= 4 is 46.6 Å². The maximum atomic E-state index is 11.1. The Balaban J connectivity index is 0. The molecule has 1 fully saturated rings. The minimum Gasteiger partial charge on any atom is -1.00 e. The van der Waals surface area contributed by atoms with E-state index in [0.29, 0.717) is 18.1 Å². The van der Waals surface area contributed by atoms with Crippen LogP contribution < -0.4 is 40.2 Å². The van der Waals surface area contributed by atoms with Gasteiger partial charge in [0, 0.05) is 10.0 Å². The van der Waals surface area contributed by atoms with Crippen LogP contribution in [0.5, 0.6) is 0 Å². The number of carbonyl (C=O) groups excluding carboxylic acids is 2. The number of amides is 2. The molecule has 3 N–H and O–H groups in total. The second-order valence-electron chi connectivity index (χ2n) is 8.64. The van der Waals surface area contributed by atoms with E-state index >= 15 is 0 Å². The molecule has 214 valence electrons. The molecule has 0 spiro atoms. The zero-order valence-corrected chi connectivity index (χ0v) is 27.7. The van der Waals surface area contributed by atoms with Gasteiger partial charge in [-0.3, -0.25) is 9.59 Å². The summed E-state index contributed by atoms with van der Waals surface area (Å²) in [6.45, 7) is 10.8. The minimum absolute atomic E-state index is 0. The molecule has 1 aliphatic rings. The number of hydrogen-bond donors (Lipinski definition) is 3. The van der Waals surface area contributed by atoms with E-state index in [2.05, 4.69) is 36.3 Å². The van der Waals surface area contributed by atoms with E-state index in [1.165, 1.54) is 19.6 Å². The van der Waals surface area contributed by atoms with Crippen molar-refractivity contribution in [3.63, 3.8) is 0 Å². The first-order valence-electron chi connectivity index (χ1n) is 12.8. The van der Waals surface area contributed by atoms with Gasteiger partial charge in [0.1, 0.15) is 12.5 Å². The fourth-order valence-electron chi connectivity index (χ4n) is 3.62. The number of morpholine rings is 1. The Kier molecular flexibility index (Phi) is 22.3. The van der Waals surface area contributed by atoms with Gasteiger partial charge in [0.2, 0.25) is 11.8 Å². The molecule has 0 aromatic heterocycles. The van der Waals surface area contributed by atoms with Crippen molar-refractivity contribution in [1.29, 1.82) is 0 Å². The van der Waals surface area contributed by atoms with Crippen LogP contribution in [0.15, 0.2) is 48.5 Å². The van der Waals surface area contributed by atoms with Crippen LogP contribution in [-0.2, 0) is 27.2 Å².